The number of tetrazole rings is 1. The van der Waals surface area contributed by atoms with E-state index in [0.717, 1.165) is 6.42 Å². The van der Waals surface area contributed by atoms with Gasteiger partial charge >= 0.3 is 0 Å². The molecule has 0 spiro atoms. The topological polar surface area (TPSA) is 89.8 Å². The molecule has 0 radical (unpaired) electrons. The Balaban J connectivity index is 1.55. The second-order valence-electron chi connectivity index (χ2n) is 6.71. The minimum absolute atomic E-state index is 0.0785. The van der Waals surface area contributed by atoms with E-state index in [1.165, 1.54) is 33.8 Å². The van der Waals surface area contributed by atoms with E-state index < -0.39 is 6.04 Å². The van der Waals surface area contributed by atoms with Gasteiger partial charge in [0, 0.05) is 5.75 Å². The van der Waals surface area contributed by atoms with E-state index in [2.05, 4.69) is 20.8 Å². The van der Waals surface area contributed by atoms with E-state index in [9.17, 15) is 9.59 Å². The van der Waals surface area contributed by atoms with E-state index in [1.54, 1.807) is 18.2 Å². The molecule has 1 unspecified atom stereocenters. The first-order chi connectivity index (χ1) is 15.5. The number of benzene rings is 2. The molecule has 1 aromatic heterocycles. The lowest BCUT2D eigenvalue weighted by atomic mass is 10.1. The minimum Gasteiger partial charge on any atom is -0.337 e. The summed E-state index contributed by atoms with van der Waals surface area (Å²) in [4.78, 5) is 25.7. The largest absolute Gasteiger partial charge is 0.337 e. The molecule has 0 bridgehead atoms. The van der Waals surface area contributed by atoms with Crippen molar-refractivity contribution < 1.29 is 9.59 Å². The molecule has 0 aliphatic rings. The van der Waals surface area contributed by atoms with Crippen LogP contribution in [-0.2, 0) is 17.8 Å². The molecule has 7 nitrogen and oxygen atoms in total. The third-order valence-electron chi connectivity index (χ3n) is 4.47. The van der Waals surface area contributed by atoms with Gasteiger partial charge in [0.2, 0.25) is 5.16 Å². The van der Waals surface area contributed by atoms with Crippen LogP contribution in [0.1, 0.15) is 18.9 Å². The van der Waals surface area contributed by atoms with Crippen molar-refractivity contribution in [2.24, 2.45) is 0 Å². The quantitative estimate of drug-likeness (QED) is 0.403. The van der Waals surface area contributed by atoms with Crippen LogP contribution in [0.15, 0.2) is 58.6 Å². The lowest BCUT2D eigenvalue weighted by Gasteiger charge is -2.16. The molecular formula is C21H21Cl2N5O2S2. The molecule has 3 aromatic rings. The number of aromatic nitrogens is 4. The number of halogens is 2. The van der Waals surface area contributed by atoms with Gasteiger partial charge in [-0.25, -0.2) is 4.68 Å². The number of hydrogen-bond acceptors (Lipinski definition) is 7. The van der Waals surface area contributed by atoms with Gasteiger partial charge in [-0.05, 0) is 52.7 Å². The van der Waals surface area contributed by atoms with Crippen LogP contribution in [-0.4, -0.2) is 43.0 Å². The number of aryl methyl sites for hydroxylation is 1. The number of nitrogens with one attached hydrogen (secondary N) is 1. The Morgan fingerprint density at radius 2 is 1.81 bits per heavy atom. The van der Waals surface area contributed by atoms with Crippen LogP contribution >= 0.6 is 46.7 Å². The third kappa shape index (κ3) is 6.96. The molecule has 0 aliphatic heterocycles. The number of hydrogen-bond donors (Lipinski definition) is 1. The van der Waals surface area contributed by atoms with Crippen molar-refractivity contribution in [1.29, 1.82) is 0 Å². The molecule has 0 aliphatic carbocycles. The monoisotopic (exact) mass is 509 g/mol. The fourth-order valence-electron chi connectivity index (χ4n) is 2.80. The molecule has 1 N–H and O–H groups in total. The summed E-state index contributed by atoms with van der Waals surface area (Å²) in [6.45, 7) is 1.77. The maximum absolute atomic E-state index is 12.8. The number of amides is 1. The number of nitrogens with zero attached hydrogens (tertiary/aromatic N) is 4. The Hall–Kier alpha value is -2.07. The molecule has 168 valence electrons. The first-order valence-corrected chi connectivity index (χ1v) is 12.4. The Morgan fingerprint density at radius 1 is 1.09 bits per heavy atom. The predicted molar refractivity (Wildman–Crippen MR) is 129 cm³/mol. The van der Waals surface area contributed by atoms with Gasteiger partial charge in [-0.3, -0.25) is 9.59 Å². The average Bonchev–Trinajstić information content (AvgIpc) is 3.22. The number of ketones is 1. The molecule has 0 saturated carbocycles. The van der Waals surface area contributed by atoms with Crippen LogP contribution in [0.3, 0.4) is 0 Å². The van der Waals surface area contributed by atoms with Crippen LogP contribution in [0.2, 0.25) is 10.0 Å². The smallest absolute Gasteiger partial charge is 0.279 e. The minimum atomic E-state index is -0.627. The molecule has 1 atom stereocenters. The summed E-state index contributed by atoms with van der Waals surface area (Å²) in [5.41, 5.74) is 1.17. The van der Waals surface area contributed by atoms with Gasteiger partial charge in [-0.2, -0.15) is 0 Å². The maximum Gasteiger partial charge on any atom is 0.279 e. The Labute approximate surface area is 204 Å². The van der Waals surface area contributed by atoms with Crippen molar-refractivity contribution >= 4 is 57.7 Å². The van der Waals surface area contributed by atoms with E-state index in [0.29, 0.717) is 32.3 Å². The number of rotatable bonds is 10. The van der Waals surface area contributed by atoms with Gasteiger partial charge in [0.15, 0.2) is 5.78 Å². The van der Waals surface area contributed by atoms with Gasteiger partial charge in [-0.1, -0.05) is 78.3 Å². The predicted octanol–water partition coefficient (Wildman–Crippen LogP) is 5.16. The molecule has 1 amide bonds. The van der Waals surface area contributed by atoms with Crippen LogP contribution in [0, 0.1) is 0 Å². The third-order valence-corrected chi connectivity index (χ3v) is 7.23. The average molecular weight is 510 g/mol. The molecule has 11 heteroatoms. The molecular weight excluding hydrogens is 489 g/mol. The highest BCUT2D eigenvalue weighted by Crippen LogP contribution is 2.37. The second-order valence-corrected chi connectivity index (χ2v) is 9.57. The summed E-state index contributed by atoms with van der Waals surface area (Å²) in [5, 5.41) is 15.4. The molecule has 3 rings (SSSR count). The van der Waals surface area contributed by atoms with Crippen molar-refractivity contribution in [3.63, 3.8) is 0 Å². The van der Waals surface area contributed by atoms with Crippen LogP contribution in [0.25, 0.3) is 0 Å². The van der Waals surface area contributed by atoms with Crippen LogP contribution in [0.5, 0.6) is 0 Å². The summed E-state index contributed by atoms with van der Waals surface area (Å²) >= 11 is 14.8. The highest BCUT2D eigenvalue weighted by atomic mass is 35.5. The van der Waals surface area contributed by atoms with Crippen molar-refractivity contribution in [1.82, 2.24) is 25.5 Å². The molecule has 0 saturated heterocycles. The van der Waals surface area contributed by atoms with Gasteiger partial charge in [0.25, 0.3) is 5.24 Å². The molecule has 1 heterocycles. The molecule has 2 aromatic carbocycles. The standard InChI is InChI=1S/C21H21Cl2N5O2S2/c1-2-17(24-21(30)31-12-11-14-7-4-3-5-8-14)18(29)13-28-20(25-26-27-28)32-19-15(22)9-6-10-16(19)23/h3-10,17H,2,11-13H2,1H3,(H,24,30). The van der Waals surface area contributed by atoms with Crippen molar-refractivity contribution in [3.8, 4) is 0 Å². The van der Waals surface area contributed by atoms with E-state index >= 15 is 0 Å². The lowest BCUT2D eigenvalue weighted by molar-refractivity contribution is -0.121. The van der Waals surface area contributed by atoms with Crippen molar-refractivity contribution in [3.05, 3.63) is 64.1 Å². The van der Waals surface area contributed by atoms with Crippen LogP contribution < -0.4 is 5.32 Å². The zero-order chi connectivity index (χ0) is 22.9. The van der Waals surface area contributed by atoms with E-state index in [4.69, 9.17) is 23.2 Å². The van der Waals surface area contributed by atoms with Crippen LogP contribution in [0.4, 0.5) is 4.79 Å². The summed E-state index contributed by atoms with van der Waals surface area (Å²) in [6.07, 6.45) is 1.24. The summed E-state index contributed by atoms with van der Waals surface area (Å²) in [6, 6.07) is 14.5. The fraction of sp³-hybridized carbons (Fsp3) is 0.286. The zero-order valence-corrected chi connectivity index (χ0v) is 20.3. The lowest BCUT2D eigenvalue weighted by Crippen LogP contribution is -2.40. The van der Waals surface area contributed by atoms with Gasteiger partial charge in [0.05, 0.1) is 21.0 Å². The number of thioether (sulfide) groups is 1. The maximum atomic E-state index is 12.8. The Morgan fingerprint density at radius 3 is 2.50 bits per heavy atom. The normalized spacial score (nSPS) is 11.8. The Bertz CT molecular complexity index is 1050. The fourth-order valence-corrected chi connectivity index (χ4v) is 4.97. The number of Topliss-reactive ketones (excluding diaryl/α,β-unsaturated/α-hetero) is 1. The number of carbonyl (C=O) groups excluding carboxylic acids is 2. The van der Waals surface area contributed by atoms with Gasteiger partial charge in [-0.15, -0.1) is 5.10 Å². The van der Waals surface area contributed by atoms with E-state index in [-0.39, 0.29) is 17.6 Å². The first kappa shape index (κ1) is 24.6. The Kier molecular flexibility index (Phi) is 9.40. The van der Waals surface area contributed by atoms with Crippen molar-refractivity contribution in [2.45, 2.75) is 42.4 Å². The van der Waals surface area contributed by atoms with Crippen molar-refractivity contribution in [2.75, 3.05) is 5.75 Å². The highest BCUT2D eigenvalue weighted by Gasteiger charge is 2.22. The SMILES string of the molecule is CCC(NC(=O)SCCc1ccccc1)C(=O)Cn1nnnc1Sc1c(Cl)cccc1Cl. The zero-order valence-electron chi connectivity index (χ0n) is 17.2. The second kappa shape index (κ2) is 12.2. The summed E-state index contributed by atoms with van der Waals surface area (Å²) in [5.74, 6) is 0.441. The summed E-state index contributed by atoms with van der Waals surface area (Å²) < 4.78 is 1.38. The van der Waals surface area contributed by atoms with Gasteiger partial charge < -0.3 is 5.32 Å². The number of carbonyl (C=O) groups is 2. The highest BCUT2D eigenvalue weighted by molar-refractivity contribution is 8.13. The molecule has 32 heavy (non-hydrogen) atoms. The van der Waals surface area contributed by atoms with Gasteiger partial charge in [0.1, 0.15) is 6.54 Å². The summed E-state index contributed by atoms with van der Waals surface area (Å²) in [7, 11) is 0. The molecule has 0 fully saturated rings. The van der Waals surface area contributed by atoms with E-state index in [1.807, 2.05) is 37.3 Å². The first-order valence-electron chi connectivity index (χ1n) is 9.86.